The summed E-state index contributed by atoms with van der Waals surface area (Å²) in [6.45, 7) is 8.12. The number of aliphatic hydroxyl groups excluding tert-OH is 1. The van der Waals surface area contributed by atoms with E-state index < -0.39 is 0 Å². The molecule has 0 amide bonds. The fraction of sp³-hybridized carbons (Fsp3) is 0.533. The first-order valence-electron chi connectivity index (χ1n) is 6.81. The van der Waals surface area contributed by atoms with Gasteiger partial charge in [0.2, 0.25) is 5.95 Å². The summed E-state index contributed by atoms with van der Waals surface area (Å²) in [7, 11) is 2.06. The highest BCUT2D eigenvalue weighted by Crippen LogP contribution is 2.23. The minimum Gasteiger partial charge on any atom is -0.395 e. The molecule has 0 saturated heterocycles. The van der Waals surface area contributed by atoms with Crippen LogP contribution in [0.1, 0.15) is 19.4 Å². The maximum Gasteiger partial charge on any atom is 0.206 e. The topological polar surface area (TPSA) is 41.3 Å². The Balaban J connectivity index is 2.49. The van der Waals surface area contributed by atoms with Crippen LogP contribution in [0.25, 0.3) is 11.0 Å². The van der Waals surface area contributed by atoms with E-state index in [1.54, 1.807) is 0 Å². The number of imidazole rings is 1. The predicted molar refractivity (Wildman–Crippen MR) is 79.7 cm³/mol. The van der Waals surface area contributed by atoms with Gasteiger partial charge in [-0.15, -0.1) is 0 Å². The SMILES string of the molecule is Cc1ccc2c(c1)nc(N(C)CC(C)C)n2CCO. The van der Waals surface area contributed by atoms with Gasteiger partial charge in [-0.2, -0.15) is 0 Å². The number of anilines is 1. The van der Waals surface area contributed by atoms with Crippen molar-refractivity contribution in [2.75, 3.05) is 25.1 Å². The summed E-state index contributed by atoms with van der Waals surface area (Å²) in [5, 5.41) is 9.27. The van der Waals surface area contributed by atoms with Crippen molar-refractivity contribution in [1.82, 2.24) is 9.55 Å². The molecule has 2 rings (SSSR count). The van der Waals surface area contributed by atoms with Gasteiger partial charge in [0.05, 0.1) is 17.6 Å². The molecule has 104 valence electrons. The summed E-state index contributed by atoms with van der Waals surface area (Å²) < 4.78 is 2.09. The predicted octanol–water partition coefficient (Wildman–Crippen LogP) is 2.43. The molecule has 0 unspecified atom stereocenters. The van der Waals surface area contributed by atoms with E-state index in [1.807, 2.05) is 0 Å². The van der Waals surface area contributed by atoms with Crippen LogP contribution in [0, 0.1) is 12.8 Å². The number of hydrogen-bond donors (Lipinski definition) is 1. The summed E-state index contributed by atoms with van der Waals surface area (Å²) in [6.07, 6.45) is 0. The van der Waals surface area contributed by atoms with Gasteiger partial charge < -0.3 is 14.6 Å². The standard InChI is InChI=1S/C15H23N3O/c1-11(2)10-17(4)15-16-13-9-12(3)5-6-14(13)18(15)7-8-19/h5-6,9,11,19H,7-8,10H2,1-4H3. The third kappa shape index (κ3) is 2.89. The molecule has 2 aromatic rings. The number of fused-ring (bicyclic) bond motifs is 1. The molecule has 0 aliphatic carbocycles. The van der Waals surface area contributed by atoms with Crippen LogP contribution in [0.3, 0.4) is 0 Å². The van der Waals surface area contributed by atoms with Gasteiger partial charge in [0.25, 0.3) is 0 Å². The molecule has 4 heteroatoms. The van der Waals surface area contributed by atoms with Crippen LogP contribution in [-0.4, -0.2) is 34.9 Å². The number of aryl methyl sites for hydroxylation is 1. The highest BCUT2D eigenvalue weighted by Gasteiger charge is 2.14. The van der Waals surface area contributed by atoms with Gasteiger partial charge in [-0.1, -0.05) is 19.9 Å². The highest BCUT2D eigenvalue weighted by molar-refractivity contribution is 5.79. The molecule has 0 bridgehead atoms. The van der Waals surface area contributed by atoms with E-state index in [-0.39, 0.29) is 6.61 Å². The van der Waals surface area contributed by atoms with E-state index in [9.17, 15) is 5.11 Å². The van der Waals surface area contributed by atoms with Crippen LogP contribution in [0.5, 0.6) is 0 Å². The van der Waals surface area contributed by atoms with Crippen molar-refractivity contribution < 1.29 is 5.11 Å². The quantitative estimate of drug-likeness (QED) is 0.898. The Morgan fingerprint density at radius 3 is 2.74 bits per heavy atom. The van der Waals surface area contributed by atoms with Crippen LogP contribution in [-0.2, 0) is 6.54 Å². The lowest BCUT2D eigenvalue weighted by Gasteiger charge is -2.21. The summed E-state index contributed by atoms with van der Waals surface area (Å²) in [4.78, 5) is 6.89. The van der Waals surface area contributed by atoms with E-state index in [0.29, 0.717) is 12.5 Å². The zero-order chi connectivity index (χ0) is 14.0. The molecular formula is C15H23N3O. The molecule has 0 spiro atoms. The Morgan fingerprint density at radius 1 is 1.37 bits per heavy atom. The van der Waals surface area contributed by atoms with Crippen LogP contribution in [0.15, 0.2) is 18.2 Å². The Morgan fingerprint density at radius 2 is 2.11 bits per heavy atom. The van der Waals surface area contributed by atoms with Gasteiger partial charge in [-0.25, -0.2) is 4.98 Å². The lowest BCUT2D eigenvalue weighted by molar-refractivity contribution is 0.278. The largest absolute Gasteiger partial charge is 0.395 e. The van der Waals surface area contributed by atoms with Crippen LogP contribution in [0.2, 0.25) is 0 Å². The van der Waals surface area contributed by atoms with E-state index in [2.05, 4.69) is 55.5 Å². The fourth-order valence-electron chi connectivity index (χ4n) is 2.47. The molecule has 0 saturated carbocycles. The average Bonchev–Trinajstić information content (AvgIpc) is 2.67. The van der Waals surface area contributed by atoms with Crippen LogP contribution in [0.4, 0.5) is 5.95 Å². The molecule has 1 heterocycles. The van der Waals surface area contributed by atoms with Crippen molar-refractivity contribution in [2.24, 2.45) is 5.92 Å². The van der Waals surface area contributed by atoms with E-state index in [0.717, 1.165) is 23.5 Å². The monoisotopic (exact) mass is 261 g/mol. The lowest BCUT2D eigenvalue weighted by atomic mass is 10.2. The summed E-state index contributed by atoms with van der Waals surface area (Å²) >= 11 is 0. The van der Waals surface area contributed by atoms with Crippen molar-refractivity contribution in [2.45, 2.75) is 27.3 Å². The number of aromatic nitrogens is 2. The van der Waals surface area contributed by atoms with Gasteiger partial charge in [0, 0.05) is 20.1 Å². The van der Waals surface area contributed by atoms with Crippen molar-refractivity contribution in [3.05, 3.63) is 23.8 Å². The summed E-state index contributed by atoms with van der Waals surface area (Å²) in [5.74, 6) is 1.51. The maximum absolute atomic E-state index is 9.27. The fourth-order valence-corrected chi connectivity index (χ4v) is 2.47. The number of benzene rings is 1. The smallest absolute Gasteiger partial charge is 0.206 e. The Labute approximate surface area is 114 Å². The number of aliphatic hydroxyl groups is 1. The Bertz CT molecular complexity index is 560. The second kappa shape index (κ2) is 5.61. The minimum atomic E-state index is 0.127. The number of hydrogen-bond acceptors (Lipinski definition) is 3. The molecule has 0 aliphatic heterocycles. The van der Waals surface area contributed by atoms with Crippen molar-refractivity contribution in [3.8, 4) is 0 Å². The normalized spacial score (nSPS) is 11.5. The molecule has 1 N–H and O–H groups in total. The molecule has 0 fully saturated rings. The third-order valence-corrected chi connectivity index (χ3v) is 3.19. The zero-order valence-corrected chi connectivity index (χ0v) is 12.2. The van der Waals surface area contributed by atoms with E-state index in [4.69, 9.17) is 4.98 Å². The maximum atomic E-state index is 9.27. The molecule has 1 aromatic carbocycles. The molecule has 4 nitrogen and oxygen atoms in total. The first kappa shape index (κ1) is 13.9. The van der Waals surface area contributed by atoms with Crippen molar-refractivity contribution in [3.63, 3.8) is 0 Å². The Kier molecular flexibility index (Phi) is 4.10. The van der Waals surface area contributed by atoms with Crippen LogP contribution >= 0.6 is 0 Å². The van der Waals surface area contributed by atoms with Crippen molar-refractivity contribution in [1.29, 1.82) is 0 Å². The van der Waals surface area contributed by atoms with Crippen LogP contribution < -0.4 is 4.90 Å². The second-order valence-corrected chi connectivity index (χ2v) is 5.55. The van der Waals surface area contributed by atoms with Gasteiger partial charge in [0.15, 0.2) is 0 Å². The molecule has 19 heavy (non-hydrogen) atoms. The van der Waals surface area contributed by atoms with Gasteiger partial charge in [0.1, 0.15) is 0 Å². The van der Waals surface area contributed by atoms with Crippen molar-refractivity contribution >= 4 is 17.0 Å². The number of nitrogens with zero attached hydrogens (tertiary/aromatic N) is 3. The first-order valence-corrected chi connectivity index (χ1v) is 6.81. The Hall–Kier alpha value is -1.55. The molecule has 0 aliphatic rings. The minimum absolute atomic E-state index is 0.127. The highest BCUT2D eigenvalue weighted by atomic mass is 16.3. The van der Waals surface area contributed by atoms with Gasteiger partial charge in [-0.05, 0) is 30.5 Å². The zero-order valence-electron chi connectivity index (χ0n) is 12.2. The molecule has 1 aromatic heterocycles. The molecule has 0 atom stereocenters. The first-order chi connectivity index (χ1) is 9.02. The second-order valence-electron chi connectivity index (χ2n) is 5.55. The van der Waals surface area contributed by atoms with E-state index in [1.165, 1.54) is 5.56 Å². The van der Waals surface area contributed by atoms with Gasteiger partial charge in [-0.3, -0.25) is 0 Å². The lowest BCUT2D eigenvalue weighted by Crippen LogP contribution is -2.26. The third-order valence-electron chi connectivity index (χ3n) is 3.19. The molecular weight excluding hydrogens is 238 g/mol. The van der Waals surface area contributed by atoms with E-state index >= 15 is 0 Å². The summed E-state index contributed by atoms with van der Waals surface area (Å²) in [5.41, 5.74) is 3.29. The summed E-state index contributed by atoms with van der Waals surface area (Å²) in [6, 6.07) is 6.26. The molecule has 0 radical (unpaired) electrons. The van der Waals surface area contributed by atoms with Gasteiger partial charge >= 0.3 is 0 Å². The average molecular weight is 261 g/mol. The number of rotatable bonds is 5.